The molecule has 0 N–H and O–H groups in total. The molecule has 0 atom stereocenters. The fourth-order valence-electron chi connectivity index (χ4n) is 2.36. The van der Waals surface area contributed by atoms with Crippen LogP contribution in [-0.4, -0.2) is 17.0 Å². The maximum absolute atomic E-state index is 12.1. The first kappa shape index (κ1) is 15.0. The highest BCUT2D eigenvalue weighted by Gasteiger charge is 2.21. The van der Waals surface area contributed by atoms with Crippen molar-refractivity contribution in [2.45, 2.75) is 44.6 Å². The number of nitro benzene ring substituents is 1. The van der Waals surface area contributed by atoms with Crippen molar-refractivity contribution in [3.63, 3.8) is 0 Å². The second-order valence-electron chi connectivity index (χ2n) is 4.94. The minimum atomic E-state index is -0.519. The van der Waals surface area contributed by atoms with Crippen molar-refractivity contribution in [3.05, 3.63) is 38.3 Å². The molecule has 5 nitrogen and oxygen atoms in total. The molecule has 0 radical (unpaired) electrons. The number of nitrogens with zero attached hydrogens (tertiary/aromatic N) is 1. The summed E-state index contributed by atoms with van der Waals surface area (Å²) in [5.41, 5.74) is 0.101. The normalized spacial score (nSPS) is 16.4. The van der Waals surface area contributed by atoms with E-state index in [1.54, 1.807) is 0 Å². The van der Waals surface area contributed by atoms with Gasteiger partial charge in [0.2, 0.25) is 0 Å². The zero-order valence-corrected chi connectivity index (χ0v) is 12.6. The SMILES string of the molecule is O=C(OC1CCCCCC1)c1cc([N+](=O)[O-])ccc1Br. The third kappa shape index (κ3) is 3.79. The van der Waals surface area contributed by atoms with Crippen molar-refractivity contribution in [2.75, 3.05) is 0 Å². The molecule has 0 spiro atoms. The van der Waals surface area contributed by atoms with Gasteiger partial charge in [0.15, 0.2) is 0 Å². The predicted octanol–water partition coefficient (Wildman–Crippen LogP) is 4.24. The third-order valence-electron chi connectivity index (χ3n) is 3.46. The lowest BCUT2D eigenvalue weighted by molar-refractivity contribution is -0.384. The molecule has 6 heteroatoms. The minimum absolute atomic E-state index is 0.0730. The van der Waals surface area contributed by atoms with Gasteiger partial charge >= 0.3 is 5.97 Å². The highest BCUT2D eigenvalue weighted by Crippen LogP contribution is 2.26. The van der Waals surface area contributed by atoms with Gasteiger partial charge < -0.3 is 4.74 Å². The number of esters is 1. The molecule has 1 aliphatic rings. The molecule has 1 aromatic carbocycles. The second-order valence-corrected chi connectivity index (χ2v) is 5.79. The van der Waals surface area contributed by atoms with Gasteiger partial charge in [-0.25, -0.2) is 4.79 Å². The highest BCUT2D eigenvalue weighted by atomic mass is 79.9. The number of hydrogen-bond donors (Lipinski definition) is 0. The van der Waals surface area contributed by atoms with Crippen molar-refractivity contribution in [1.29, 1.82) is 0 Å². The number of hydrogen-bond acceptors (Lipinski definition) is 4. The predicted molar refractivity (Wildman–Crippen MR) is 77.7 cm³/mol. The first-order valence-corrected chi connectivity index (χ1v) is 7.52. The van der Waals surface area contributed by atoms with Crippen molar-refractivity contribution in [2.24, 2.45) is 0 Å². The number of carbonyl (C=O) groups excluding carboxylic acids is 1. The third-order valence-corrected chi connectivity index (χ3v) is 4.15. The fourth-order valence-corrected chi connectivity index (χ4v) is 2.77. The molecule has 1 fully saturated rings. The van der Waals surface area contributed by atoms with Gasteiger partial charge in [-0.3, -0.25) is 10.1 Å². The number of benzene rings is 1. The molecule has 2 rings (SSSR count). The molecule has 0 heterocycles. The van der Waals surface area contributed by atoms with E-state index in [0.717, 1.165) is 25.7 Å². The molecule has 1 saturated carbocycles. The van der Waals surface area contributed by atoms with Crippen LogP contribution in [0, 0.1) is 10.1 Å². The smallest absolute Gasteiger partial charge is 0.339 e. The summed E-state index contributed by atoms with van der Waals surface area (Å²) in [6.07, 6.45) is 6.15. The van der Waals surface area contributed by atoms with Crippen molar-refractivity contribution in [1.82, 2.24) is 0 Å². The standard InChI is InChI=1S/C14H16BrNO4/c15-13-8-7-10(16(18)19)9-12(13)14(17)20-11-5-3-1-2-4-6-11/h7-9,11H,1-6H2. The lowest BCUT2D eigenvalue weighted by Gasteiger charge is -2.15. The van der Waals surface area contributed by atoms with Crippen LogP contribution >= 0.6 is 15.9 Å². The molecular formula is C14H16BrNO4. The molecule has 108 valence electrons. The second kappa shape index (κ2) is 6.83. The van der Waals surface area contributed by atoms with Gasteiger partial charge in [0, 0.05) is 16.6 Å². The lowest BCUT2D eigenvalue weighted by atomic mass is 10.1. The number of halogens is 1. The Bertz CT molecular complexity index is 510. The molecule has 0 aromatic heterocycles. The van der Waals surface area contributed by atoms with E-state index >= 15 is 0 Å². The van der Waals surface area contributed by atoms with E-state index in [-0.39, 0.29) is 17.4 Å². The number of nitro groups is 1. The van der Waals surface area contributed by atoms with E-state index in [0.29, 0.717) is 4.47 Å². The summed E-state index contributed by atoms with van der Waals surface area (Å²) in [6.45, 7) is 0. The van der Waals surface area contributed by atoms with Crippen LogP contribution in [0.4, 0.5) is 5.69 Å². The monoisotopic (exact) mass is 341 g/mol. The van der Waals surface area contributed by atoms with Gasteiger partial charge in [-0.2, -0.15) is 0 Å². The van der Waals surface area contributed by atoms with Crippen LogP contribution in [0.25, 0.3) is 0 Å². The molecular weight excluding hydrogens is 326 g/mol. The van der Waals surface area contributed by atoms with E-state index in [1.165, 1.54) is 31.0 Å². The van der Waals surface area contributed by atoms with Gasteiger partial charge in [0.1, 0.15) is 6.10 Å². The van der Waals surface area contributed by atoms with Crippen LogP contribution in [0.15, 0.2) is 22.7 Å². The van der Waals surface area contributed by atoms with Crippen LogP contribution < -0.4 is 0 Å². The molecule has 1 aromatic rings. The van der Waals surface area contributed by atoms with E-state index in [2.05, 4.69) is 15.9 Å². The molecule has 0 amide bonds. The van der Waals surface area contributed by atoms with Crippen LogP contribution in [0.3, 0.4) is 0 Å². The van der Waals surface area contributed by atoms with Gasteiger partial charge in [-0.05, 0) is 47.7 Å². The molecule has 0 saturated heterocycles. The van der Waals surface area contributed by atoms with Gasteiger partial charge in [0.25, 0.3) is 5.69 Å². The minimum Gasteiger partial charge on any atom is -0.459 e. The fraction of sp³-hybridized carbons (Fsp3) is 0.500. The van der Waals surface area contributed by atoms with Gasteiger partial charge in [-0.15, -0.1) is 0 Å². The summed E-state index contributed by atoms with van der Waals surface area (Å²) in [5.74, 6) is -0.493. The Balaban J connectivity index is 2.11. The van der Waals surface area contributed by atoms with Crippen molar-refractivity contribution < 1.29 is 14.5 Å². The van der Waals surface area contributed by atoms with E-state index < -0.39 is 10.9 Å². The maximum atomic E-state index is 12.1. The number of carbonyl (C=O) groups is 1. The van der Waals surface area contributed by atoms with E-state index in [4.69, 9.17) is 4.74 Å². The largest absolute Gasteiger partial charge is 0.459 e. The average Bonchev–Trinajstić information content (AvgIpc) is 2.67. The van der Waals surface area contributed by atoms with Gasteiger partial charge in [-0.1, -0.05) is 12.8 Å². The summed E-state index contributed by atoms with van der Waals surface area (Å²) in [6, 6.07) is 4.11. The zero-order chi connectivity index (χ0) is 14.5. The molecule has 0 unspecified atom stereocenters. The zero-order valence-electron chi connectivity index (χ0n) is 11.0. The number of rotatable bonds is 3. The Morgan fingerprint density at radius 3 is 2.50 bits per heavy atom. The summed E-state index contributed by atoms with van der Waals surface area (Å²) in [4.78, 5) is 22.4. The van der Waals surface area contributed by atoms with Crippen LogP contribution in [0.1, 0.15) is 48.9 Å². The molecule has 1 aliphatic carbocycles. The summed E-state index contributed by atoms with van der Waals surface area (Å²) < 4.78 is 6.00. The molecule has 0 bridgehead atoms. The lowest BCUT2D eigenvalue weighted by Crippen LogP contribution is -2.18. The Morgan fingerprint density at radius 1 is 1.25 bits per heavy atom. The quantitative estimate of drug-likeness (QED) is 0.357. The first-order valence-electron chi connectivity index (χ1n) is 6.73. The van der Waals surface area contributed by atoms with Crippen LogP contribution in [0.5, 0.6) is 0 Å². The first-order chi connectivity index (χ1) is 9.58. The maximum Gasteiger partial charge on any atom is 0.339 e. The Labute approximate surface area is 125 Å². The number of ether oxygens (including phenoxy) is 1. The molecule has 20 heavy (non-hydrogen) atoms. The van der Waals surface area contributed by atoms with Crippen molar-refractivity contribution in [3.8, 4) is 0 Å². The highest BCUT2D eigenvalue weighted by molar-refractivity contribution is 9.10. The van der Waals surface area contributed by atoms with Crippen molar-refractivity contribution >= 4 is 27.6 Å². The van der Waals surface area contributed by atoms with Crippen LogP contribution in [-0.2, 0) is 4.74 Å². The molecule has 0 aliphatic heterocycles. The Kier molecular flexibility index (Phi) is 5.11. The van der Waals surface area contributed by atoms with E-state index in [1.807, 2.05) is 0 Å². The Morgan fingerprint density at radius 2 is 1.90 bits per heavy atom. The Hall–Kier alpha value is -1.43. The summed E-state index contributed by atoms with van der Waals surface area (Å²) >= 11 is 3.24. The number of non-ortho nitro benzene ring substituents is 1. The van der Waals surface area contributed by atoms with Crippen LogP contribution in [0.2, 0.25) is 0 Å². The topological polar surface area (TPSA) is 69.4 Å². The average molecular weight is 342 g/mol. The van der Waals surface area contributed by atoms with Gasteiger partial charge in [0.05, 0.1) is 10.5 Å². The summed E-state index contributed by atoms with van der Waals surface area (Å²) in [5, 5.41) is 10.8. The summed E-state index contributed by atoms with van der Waals surface area (Å²) in [7, 11) is 0. The van der Waals surface area contributed by atoms with E-state index in [9.17, 15) is 14.9 Å².